The first kappa shape index (κ1) is 14.9. The maximum atomic E-state index is 13.0. The van der Waals surface area contributed by atoms with E-state index in [4.69, 9.17) is 4.98 Å². The van der Waals surface area contributed by atoms with Gasteiger partial charge in [0.15, 0.2) is 0 Å². The number of hydrogen-bond acceptors (Lipinski definition) is 3. The number of carbonyl (C=O) groups excluding carboxylic acids is 1. The summed E-state index contributed by atoms with van der Waals surface area (Å²) in [6, 6.07) is 11.6. The van der Waals surface area contributed by atoms with Crippen molar-refractivity contribution in [1.82, 2.24) is 19.3 Å². The van der Waals surface area contributed by atoms with Crippen LogP contribution in [0.1, 0.15) is 47.2 Å². The monoisotopic (exact) mass is 320 g/mol. The Morgan fingerprint density at radius 2 is 2.04 bits per heavy atom. The number of piperidine rings is 1. The Hall–Kier alpha value is -2.69. The minimum absolute atomic E-state index is 0.0325. The van der Waals surface area contributed by atoms with Gasteiger partial charge in [-0.25, -0.2) is 9.97 Å². The van der Waals surface area contributed by atoms with Crippen LogP contribution in [0.4, 0.5) is 0 Å². The lowest BCUT2D eigenvalue weighted by molar-refractivity contribution is 0.0605. The first-order valence-electron chi connectivity index (χ1n) is 8.39. The van der Waals surface area contributed by atoms with Gasteiger partial charge in [-0.15, -0.1) is 0 Å². The van der Waals surface area contributed by atoms with Crippen LogP contribution in [-0.2, 0) is 0 Å². The number of amides is 1. The summed E-state index contributed by atoms with van der Waals surface area (Å²) in [5, 5.41) is 0. The topological polar surface area (TPSA) is 50.5 Å². The molecule has 24 heavy (non-hydrogen) atoms. The third-order valence-corrected chi connectivity index (χ3v) is 4.73. The maximum Gasteiger partial charge on any atom is 0.254 e. The Labute approximate surface area is 141 Å². The van der Waals surface area contributed by atoms with E-state index in [2.05, 4.69) is 11.1 Å². The second-order valence-electron chi connectivity index (χ2n) is 6.29. The zero-order valence-corrected chi connectivity index (χ0v) is 13.7. The van der Waals surface area contributed by atoms with Crippen LogP contribution in [0.2, 0.25) is 0 Å². The van der Waals surface area contributed by atoms with Gasteiger partial charge < -0.3 is 4.90 Å². The van der Waals surface area contributed by atoms with Gasteiger partial charge in [0, 0.05) is 12.1 Å². The van der Waals surface area contributed by atoms with Crippen LogP contribution in [0.25, 0.3) is 5.52 Å². The molecule has 0 N–H and O–H groups in total. The second kappa shape index (κ2) is 6.07. The zero-order valence-electron chi connectivity index (χ0n) is 13.7. The standard InChI is InChI=1S/C19H20N4O/c1-14-21-17(11-16-12-20-13-23(14)16)18-9-5-6-10-22(18)19(24)15-7-3-2-4-8-15/h2-4,7-8,11-13,18H,5-6,9-10H2,1H3/t18-/m1/s1. The summed E-state index contributed by atoms with van der Waals surface area (Å²) < 4.78 is 1.97. The van der Waals surface area contributed by atoms with Crippen LogP contribution in [0.5, 0.6) is 0 Å². The van der Waals surface area contributed by atoms with Gasteiger partial charge in [-0.2, -0.15) is 0 Å². The average molecular weight is 320 g/mol. The highest BCUT2D eigenvalue weighted by atomic mass is 16.2. The van der Waals surface area contributed by atoms with Crippen LogP contribution in [0.15, 0.2) is 48.9 Å². The highest BCUT2D eigenvalue weighted by molar-refractivity contribution is 5.94. The molecule has 1 aromatic carbocycles. The van der Waals surface area contributed by atoms with Crippen LogP contribution in [0.3, 0.4) is 0 Å². The zero-order chi connectivity index (χ0) is 16.5. The van der Waals surface area contributed by atoms with Gasteiger partial charge in [-0.05, 0) is 44.4 Å². The second-order valence-corrected chi connectivity index (χ2v) is 6.29. The number of hydrogen-bond donors (Lipinski definition) is 0. The number of nitrogens with zero attached hydrogens (tertiary/aromatic N) is 4. The molecular formula is C19H20N4O. The van der Waals surface area contributed by atoms with Gasteiger partial charge in [-0.3, -0.25) is 9.20 Å². The van der Waals surface area contributed by atoms with Crippen LogP contribution in [0, 0.1) is 6.92 Å². The number of fused-ring (bicyclic) bond motifs is 1. The van der Waals surface area contributed by atoms with Gasteiger partial charge >= 0.3 is 0 Å². The summed E-state index contributed by atoms with van der Waals surface area (Å²) in [7, 11) is 0. The first-order valence-corrected chi connectivity index (χ1v) is 8.39. The number of aromatic nitrogens is 3. The SMILES string of the molecule is Cc1nc([C@H]2CCCCN2C(=O)c2ccccc2)cc2cncn12. The molecule has 3 aromatic rings. The van der Waals surface area contributed by atoms with Crippen molar-refractivity contribution in [3.8, 4) is 0 Å². The van der Waals surface area contributed by atoms with E-state index in [9.17, 15) is 4.79 Å². The number of aryl methyl sites for hydroxylation is 1. The Balaban J connectivity index is 1.72. The maximum absolute atomic E-state index is 13.0. The lowest BCUT2D eigenvalue weighted by Crippen LogP contribution is -2.39. The smallest absolute Gasteiger partial charge is 0.254 e. The van der Waals surface area contributed by atoms with Gasteiger partial charge in [-0.1, -0.05) is 18.2 Å². The van der Waals surface area contributed by atoms with E-state index in [-0.39, 0.29) is 11.9 Å². The molecular weight excluding hydrogens is 300 g/mol. The molecule has 0 radical (unpaired) electrons. The highest BCUT2D eigenvalue weighted by Crippen LogP contribution is 2.31. The van der Waals surface area contributed by atoms with Crippen LogP contribution >= 0.6 is 0 Å². The molecule has 1 atom stereocenters. The average Bonchev–Trinajstić information content (AvgIpc) is 3.11. The van der Waals surface area contributed by atoms with E-state index >= 15 is 0 Å². The molecule has 5 heteroatoms. The largest absolute Gasteiger partial charge is 0.330 e. The molecule has 0 spiro atoms. The van der Waals surface area contributed by atoms with Crippen molar-refractivity contribution in [2.45, 2.75) is 32.2 Å². The highest BCUT2D eigenvalue weighted by Gasteiger charge is 2.30. The molecule has 0 bridgehead atoms. The fourth-order valence-corrected chi connectivity index (χ4v) is 3.51. The lowest BCUT2D eigenvalue weighted by atomic mass is 9.97. The minimum Gasteiger partial charge on any atom is -0.330 e. The normalized spacial score (nSPS) is 18.0. The van der Waals surface area contributed by atoms with Crippen LogP contribution < -0.4 is 0 Å². The molecule has 1 aliphatic heterocycles. The van der Waals surface area contributed by atoms with Crippen molar-refractivity contribution in [3.63, 3.8) is 0 Å². The van der Waals surface area contributed by atoms with Gasteiger partial charge in [0.2, 0.25) is 0 Å². The molecule has 1 aliphatic rings. The van der Waals surface area contributed by atoms with Crippen molar-refractivity contribution in [2.24, 2.45) is 0 Å². The van der Waals surface area contributed by atoms with E-state index in [1.165, 1.54) is 0 Å². The molecule has 0 aliphatic carbocycles. The third kappa shape index (κ3) is 2.56. The molecule has 3 heterocycles. The summed E-state index contributed by atoms with van der Waals surface area (Å²) in [6.07, 6.45) is 6.73. The first-order chi connectivity index (χ1) is 11.7. The Morgan fingerprint density at radius 3 is 2.88 bits per heavy atom. The summed E-state index contributed by atoms with van der Waals surface area (Å²) in [5.41, 5.74) is 2.73. The summed E-state index contributed by atoms with van der Waals surface area (Å²) in [5.74, 6) is 0.991. The molecule has 1 fully saturated rings. The van der Waals surface area contributed by atoms with E-state index in [0.29, 0.717) is 0 Å². The molecule has 122 valence electrons. The van der Waals surface area contributed by atoms with Crippen LogP contribution in [-0.4, -0.2) is 31.7 Å². The van der Waals surface area contributed by atoms with Gasteiger partial charge in [0.05, 0.1) is 23.4 Å². The fraction of sp³-hybridized carbons (Fsp3) is 0.316. The van der Waals surface area contributed by atoms with E-state index in [0.717, 1.165) is 48.4 Å². The lowest BCUT2D eigenvalue weighted by Gasteiger charge is -2.35. The fourth-order valence-electron chi connectivity index (χ4n) is 3.51. The quantitative estimate of drug-likeness (QED) is 0.727. The summed E-state index contributed by atoms with van der Waals surface area (Å²) in [4.78, 5) is 23.9. The number of likely N-dealkylation sites (tertiary alicyclic amines) is 1. The van der Waals surface area contributed by atoms with Crippen molar-refractivity contribution >= 4 is 11.4 Å². The van der Waals surface area contributed by atoms with Crippen molar-refractivity contribution in [1.29, 1.82) is 0 Å². The molecule has 1 saturated heterocycles. The Kier molecular flexibility index (Phi) is 3.76. The van der Waals surface area contributed by atoms with E-state index in [1.54, 1.807) is 6.33 Å². The molecule has 2 aromatic heterocycles. The molecule has 5 nitrogen and oxygen atoms in total. The minimum atomic E-state index is 0.0325. The molecule has 1 amide bonds. The van der Waals surface area contributed by atoms with E-state index in [1.807, 2.05) is 52.8 Å². The molecule has 0 saturated carbocycles. The van der Waals surface area contributed by atoms with Crippen molar-refractivity contribution < 1.29 is 4.79 Å². The number of benzene rings is 1. The third-order valence-electron chi connectivity index (χ3n) is 4.73. The number of rotatable bonds is 2. The summed E-state index contributed by atoms with van der Waals surface area (Å²) >= 11 is 0. The predicted octanol–water partition coefficient (Wildman–Crippen LogP) is 3.41. The number of carbonyl (C=O) groups is 1. The molecule has 0 unspecified atom stereocenters. The van der Waals surface area contributed by atoms with Crippen molar-refractivity contribution in [3.05, 3.63) is 66.0 Å². The Bertz CT molecular complexity index is 871. The summed E-state index contributed by atoms with van der Waals surface area (Å²) in [6.45, 7) is 2.76. The van der Waals surface area contributed by atoms with Crippen molar-refractivity contribution in [2.75, 3.05) is 6.54 Å². The van der Waals surface area contributed by atoms with Gasteiger partial charge in [0.25, 0.3) is 5.91 Å². The van der Waals surface area contributed by atoms with Gasteiger partial charge in [0.1, 0.15) is 12.2 Å². The van der Waals surface area contributed by atoms with E-state index < -0.39 is 0 Å². The predicted molar refractivity (Wildman–Crippen MR) is 91.8 cm³/mol. The molecule has 4 rings (SSSR count). The number of imidazole rings is 1. The Morgan fingerprint density at radius 1 is 1.21 bits per heavy atom.